The van der Waals surface area contributed by atoms with E-state index in [-0.39, 0.29) is 5.41 Å². The molecular formula is C12H21F3N2O. The number of hydrogen-bond acceptors (Lipinski definition) is 2. The Kier molecular flexibility index (Phi) is 4.00. The van der Waals surface area contributed by atoms with Gasteiger partial charge in [0.25, 0.3) is 5.91 Å². The van der Waals surface area contributed by atoms with E-state index in [0.717, 1.165) is 26.2 Å². The smallest absolute Gasteiger partial charge is 0.341 e. The molecule has 1 rings (SSSR count). The Balaban J connectivity index is 2.72. The van der Waals surface area contributed by atoms with Gasteiger partial charge in [0, 0.05) is 13.1 Å². The molecule has 0 aromatic carbocycles. The van der Waals surface area contributed by atoms with Crippen molar-refractivity contribution < 1.29 is 18.0 Å². The summed E-state index contributed by atoms with van der Waals surface area (Å²) in [4.78, 5) is 13.1. The van der Waals surface area contributed by atoms with E-state index in [2.05, 4.69) is 13.8 Å². The molecule has 0 aromatic heterocycles. The number of amides is 1. The summed E-state index contributed by atoms with van der Waals surface area (Å²) < 4.78 is 38.1. The minimum atomic E-state index is -4.71. The molecule has 1 heterocycles. The normalized spacial score (nSPS) is 23.6. The maximum Gasteiger partial charge on any atom is 0.415 e. The van der Waals surface area contributed by atoms with Crippen LogP contribution in [0.3, 0.4) is 0 Å². The Morgan fingerprint density at radius 2 is 1.78 bits per heavy atom. The van der Waals surface area contributed by atoms with Gasteiger partial charge in [-0.1, -0.05) is 20.3 Å². The van der Waals surface area contributed by atoms with Gasteiger partial charge in [-0.25, -0.2) is 0 Å². The van der Waals surface area contributed by atoms with Crippen LogP contribution in [-0.4, -0.2) is 35.6 Å². The number of piperidine rings is 1. The van der Waals surface area contributed by atoms with Crippen molar-refractivity contribution in [1.82, 2.24) is 4.90 Å². The molecule has 106 valence electrons. The number of hydrogen-bond donors (Lipinski definition) is 1. The summed E-state index contributed by atoms with van der Waals surface area (Å²) in [5, 5.41) is 0. The lowest BCUT2D eigenvalue weighted by Crippen LogP contribution is -2.63. The van der Waals surface area contributed by atoms with Crippen LogP contribution in [0.1, 0.15) is 40.0 Å². The highest BCUT2D eigenvalue weighted by Crippen LogP contribution is 2.36. The second-order valence-electron chi connectivity index (χ2n) is 5.66. The zero-order chi connectivity index (χ0) is 14.2. The molecule has 1 aliphatic rings. The van der Waals surface area contributed by atoms with Crippen molar-refractivity contribution in [2.24, 2.45) is 11.1 Å². The van der Waals surface area contributed by atoms with Gasteiger partial charge in [-0.3, -0.25) is 4.79 Å². The molecule has 1 atom stereocenters. The Bertz CT molecular complexity index is 318. The first-order valence-corrected chi connectivity index (χ1v) is 6.18. The first-order valence-electron chi connectivity index (χ1n) is 6.18. The van der Waals surface area contributed by atoms with Gasteiger partial charge in [0.2, 0.25) is 0 Å². The quantitative estimate of drug-likeness (QED) is 0.833. The van der Waals surface area contributed by atoms with E-state index >= 15 is 0 Å². The van der Waals surface area contributed by atoms with Crippen LogP contribution in [0, 0.1) is 5.41 Å². The van der Waals surface area contributed by atoms with Crippen LogP contribution in [0.25, 0.3) is 0 Å². The fourth-order valence-electron chi connectivity index (χ4n) is 2.05. The second kappa shape index (κ2) is 4.72. The third-order valence-electron chi connectivity index (χ3n) is 4.14. The molecule has 0 radical (unpaired) electrons. The highest BCUT2D eigenvalue weighted by Gasteiger charge is 2.55. The van der Waals surface area contributed by atoms with Crippen LogP contribution in [0.5, 0.6) is 0 Å². The molecule has 6 heteroatoms. The molecule has 0 bridgehead atoms. The predicted octanol–water partition coefficient (Wildman–Crippen LogP) is 2.30. The summed E-state index contributed by atoms with van der Waals surface area (Å²) in [5.41, 5.74) is 2.49. The SMILES string of the molecule is CCC1(C)CCN(C(=O)C(C)(N)C(F)(F)F)CC1. The topological polar surface area (TPSA) is 46.3 Å². The monoisotopic (exact) mass is 266 g/mol. The van der Waals surface area contributed by atoms with E-state index in [1.807, 2.05) is 0 Å². The van der Waals surface area contributed by atoms with E-state index in [0.29, 0.717) is 13.1 Å². The van der Waals surface area contributed by atoms with Gasteiger partial charge < -0.3 is 10.6 Å². The summed E-state index contributed by atoms with van der Waals surface area (Å²) >= 11 is 0. The van der Waals surface area contributed by atoms with E-state index in [9.17, 15) is 18.0 Å². The Morgan fingerprint density at radius 3 is 2.11 bits per heavy atom. The van der Waals surface area contributed by atoms with Crippen molar-refractivity contribution in [3.05, 3.63) is 0 Å². The molecule has 0 spiro atoms. The minimum absolute atomic E-state index is 0.125. The molecule has 1 saturated heterocycles. The van der Waals surface area contributed by atoms with E-state index in [1.165, 1.54) is 4.90 Å². The Labute approximate surface area is 106 Å². The fourth-order valence-corrected chi connectivity index (χ4v) is 2.05. The average Bonchev–Trinajstić information content (AvgIpc) is 2.27. The molecule has 1 unspecified atom stereocenters. The number of nitrogens with two attached hydrogens (primary N) is 1. The van der Waals surface area contributed by atoms with E-state index < -0.39 is 17.6 Å². The van der Waals surface area contributed by atoms with E-state index in [1.54, 1.807) is 0 Å². The highest BCUT2D eigenvalue weighted by atomic mass is 19.4. The molecule has 0 saturated carbocycles. The third-order valence-corrected chi connectivity index (χ3v) is 4.14. The fraction of sp³-hybridized carbons (Fsp3) is 0.917. The number of carbonyl (C=O) groups is 1. The molecular weight excluding hydrogens is 245 g/mol. The lowest BCUT2D eigenvalue weighted by molar-refractivity contribution is -0.194. The standard InChI is InChI=1S/C12H21F3N2O/c1-4-10(2)5-7-17(8-6-10)9(18)11(3,16)12(13,14)15/h4-8,16H2,1-3H3. The maximum atomic E-state index is 12.7. The van der Waals surface area contributed by atoms with Gasteiger partial charge >= 0.3 is 6.18 Å². The van der Waals surface area contributed by atoms with Gasteiger partial charge in [-0.05, 0) is 25.2 Å². The number of likely N-dealkylation sites (tertiary alicyclic amines) is 1. The number of halogens is 3. The van der Waals surface area contributed by atoms with Gasteiger partial charge in [-0.2, -0.15) is 13.2 Å². The molecule has 0 aliphatic carbocycles. The average molecular weight is 266 g/mol. The zero-order valence-corrected chi connectivity index (χ0v) is 11.1. The van der Waals surface area contributed by atoms with Crippen molar-refractivity contribution in [3.8, 4) is 0 Å². The molecule has 18 heavy (non-hydrogen) atoms. The van der Waals surface area contributed by atoms with Crippen LogP contribution < -0.4 is 5.73 Å². The largest absolute Gasteiger partial charge is 0.415 e. The van der Waals surface area contributed by atoms with Crippen LogP contribution >= 0.6 is 0 Å². The summed E-state index contributed by atoms with van der Waals surface area (Å²) in [6.45, 7) is 5.60. The van der Waals surface area contributed by atoms with Crippen molar-refractivity contribution >= 4 is 5.91 Å². The maximum absolute atomic E-state index is 12.7. The first-order chi connectivity index (χ1) is 8.03. The number of rotatable bonds is 2. The third kappa shape index (κ3) is 2.79. The van der Waals surface area contributed by atoms with Crippen LogP contribution in [0.4, 0.5) is 13.2 Å². The van der Waals surface area contributed by atoms with Gasteiger partial charge in [0.1, 0.15) is 0 Å². The first kappa shape index (κ1) is 15.3. The number of nitrogens with zero attached hydrogens (tertiary/aromatic N) is 1. The van der Waals surface area contributed by atoms with Gasteiger partial charge in [-0.15, -0.1) is 0 Å². The summed E-state index contributed by atoms with van der Waals surface area (Å²) in [6.07, 6.45) is -2.30. The minimum Gasteiger partial charge on any atom is -0.341 e. The molecule has 3 nitrogen and oxygen atoms in total. The Hall–Kier alpha value is -0.780. The lowest BCUT2D eigenvalue weighted by atomic mass is 9.78. The van der Waals surface area contributed by atoms with Crippen LogP contribution in [0.15, 0.2) is 0 Å². The number of carbonyl (C=O) groups excluding carboxylic acids is 1. The van der Waals surface area contributed by atoms with Gasteiger partial charge in [0.05, 0.1) is 0 Å². The molecule has 1 aliphatic heterocycles. The predicted molar refractivity (Wildman–Crippen MR) is 62.9 cm³/mol. The summed E-state index contributed by atoms with van der Waals surface area (Å²) in [5.74, 6) is -1.02. The van der Waals surface area contributed by atoms with Crippen LogP contribution in [0.2, 0.25) is 0 Å². The second-order valence-corrected chi connectivity index (χ2v) is 5.66. The molecule has 1 amide bonds. The zero-order valence-electron chi connectivity index (χ0n) is 11.1. The molecule has 1 fully saturated rings. The van der Waals surface area contributed by atoms with Crippen molar-refractivity contribution in [3.63, 3.8) is 0 Å². The molecule has 2 N–H and O–H groups in total. The van der Waals surface area contributed by atoms with Crippen molar-refractivity contribution in [1.29, 1.82) is 0 Å². The van der Waals surface area contributed by atoms with Crippen molar-refractivity contribution in [2.75, 3.05) is 13.1 Å². The summed E-state index contributed by atoms with van der Waals surface area (Å²) in [6, 6.07) is 0. The van der Waals surface area contributed by atoms with Gasteiger partial charge in [0.15, 0.2) is 5.54 Å². The Morgan fingerprint density at radius 1 is 1.33 bits per heavy atom. The number of alkyl halides is 3. The summed E-state index contributed by atoms with van der Waals surface area (Å²) in [7, 11) is 0. The van der Waals surface area contributed by atoms with Crippen molar-refractivity contribution in [2.45, 2.75) is 51.7 Å². The lowest BCUT2D eigenvalue weighted by Gasteiger charge is -2.41. The van der Waals surface area contributed by atoms with Crippen LogP contribution in [-0.2, 0) is 4.79 Å². The highest BCUT2D eigenvalue weighted by molar-refractivity contribution is 5.86. The molecule has 0 aromatic rings. The van der Waals surface area contributed by atoms with E-state index in [4.69, 9.17) is 5.73 Å².